The molecule has 1 aromatic carbocycles. The van der Waals surface area contributed by atoms with Gasteiger partial charge in [0.2, 0.25) is 12.3 Å². The van der Waals surface area contributed by atoms with Crippen molar-refractivity contribution in [3.63, 3.8) is 0 Å². The van der Waals surface area contributed by atoms with Crippen LogP contribution in [0.15, 0.2) is 28.7 Å². The molecule has 2 aromatic rings. The molecular formula is C13H14N2O2. The highest BCUT2D eigenvalue weighted by Gasteiger charge is 2.09. The fraction of sp³-hybridized carbons (Fsp3) is 0.231. The minimum Gasteiger partial charge on any atom is -0.441 e. The van der Waals surface area contributed by atoms with Gasteiger partial charge in [0.1, 0.15) is 5.76 Å². The lowest BCUT2D eigenvalue weighted by molar-refractivity contribution is -0.105. The third-order valence-electron chi connectivity index (χ3n) is 2.58. The van der Waals surface area contributed by atoms with Crippen molar-refractivity contribution in [1.82, 2.24) is 4.98 Å². The molecule has 0 fully saturated rings. The average Bonchev–Trinajstić information content (AvgIpc) is 2.72. The molecule has 1 heterocycles. The minimum absolute atomic E-state index is 0.622. The Bertz CT molecular complexity index is 515. The molecule has 0 bridgehead atoms. The Hall–Kier alpha value is -2.10. The standard InChI is InChI=1S/C13H14N2O2/c1-3-12-9(2)17-13(15-12)10-4-6-11(7-5-10)14-8-16/h4-8H,3H2,1-2H3,(H,14,16). The van der Waals surface area contributed by atoms with Crippen molar-refractivity contribution in [2.24, 2.45) is 0 Å². The van der Waals surface area contributed by atoms with Gasteiger partial charge in [0.15, 0.2) is 0 Å². The van der Waals surface area contributed by atoms with E-state index in [0.717, 1.165) is 29.1 Å². The number of rotatable bonds is 4. The number of nitrogens with one attached hydrogen (secondary N) is 1. The largest absolute Gasteiger partial charge is 0.441 e. The first-order chi connectivity index (χ1) is 8.24. The van der Waals surface area contributed by atoms with Gasteiger partial charge in [0.25, 0.3) is 0 Å². The molecule has 2 rings (SSSR count). The Morgan fingerprint density at radius 3 is 2.59 bits per heavy atom. The van der Waals surface area contributed by atoms with Crippen LogP contribution in [0.1, 0.15) is 18.4 Å². The van der Waals surface area contributed by atoms with Crippen LogP contribution in [0.2, 0.25) is 0 Å². The van der Waals surface area contributed by atoms with Gasteiger partial charge in [0.05, 0.1) is 5.69 Å². The second-order valence-corrected chi connectivity index (χ2v) is 3.71. The molecule has 4 heteroatoms. The van der Waals surface area contributed by atoms with Crippen molar-refractivity contribution in [2.45, 2.75) is 20.3 Å². The average molecular weight is 230 g/mol. The molecule has 17 heavy (non-hydrogen) atoms. The van der Waals surface area contributed by atoms with Crippen molar-refractivity contribution >= 4 is 12.1 Å². The van der Waals surface area contributed by atoms with Crippen LogP contribution in [0.3, 0.4) is 0 Å². The van der Waals surface area contributed by atoms with E-state index in [2.05, 4.69) is 10.3 Å². The number of hydrogen-bond donors (Lipinski definition) is 1. The van der Waals surface area contributed by atoms with Crippen LogP contribution in [0, 0.1) is 6.92 Å². The van der Waals surface area contributed by atoms with Gasteiger partial charge in [-0.05, 0) is 37.6 Å². The Morgan fingerprint density at radius 2 is 2.06 bits per heavy atom. The van der Waals surface area contributed by atoms with Crippen molar-refractivity contribution in [2.75, 3.05) is 5.32 Å². The maximum Gasteiger partial charge on any atom is 0.226 e. The zero-order chi connectivity index (χ0) is 12.3. The van der Waals surface area contributed by atoms with E-state index in [0.29, 0.717) is 12.3 Å². The fourth-order valence-corrected chi connectivity index (χ4v) is 1.66. The van der Waals surface area contributed by atoms with E-state index in [9.17, 15) is 4.79 Å². The highest BCUT2D eigenvalue weighted by atomic mass is 16.4. The Balaban J connectivity index is 2.29. The summed E-state index contributed by atoms with van der Waals surface area (Å²) in [5.74, 6) is 1.48. The van der Waals surface area contributed by atoms with E-state index in [1.165, 1.54) is 0 Å². The number of aromatic nitrogens is 1. The molecule has 4 nitrogen and oxygen atoms in total. The predicted octanol–water partition coefficient (Wildman–Crippen LogP) is 2.78. The molecule has 1 aromatic heterocycles. The number of hydrogen-bond acceptors (Lipinski definition) is 3. The van der Waals surface area contributed by atoms with E-state index in [-0.39, 0.29) is 0 Å². The quantitative estimate of drug-likeness (QED) is 0.822. The van der Waals surface area contributed by atoms with Crippen LogP contribution in [0.25, 0.3) is 11.5 Å². The lowest BCUT2D eigenvalue weighted by Crippen LogP contribution is -1.92. The van der Waals surface area contributed by atoms with Crippen LogP contribution in [-0.4, -0.2) is 11.4 Å². The second kappa shape index (κ2) is 4.82. The number of amides is 1. The molecule has 0 atom stereocenters. The van der Waals surface area contributed by atoms with Gasteiger partial charge in [0, 0.05) is 11.3 Å². The second-order valence-electron chi connectivity index (χ2n) is 3.71. The molecule has 0 saturated heterocycles. The number of oxazole rings is 1. The van der Waals surface area contributed by atoms with Crippen LogP contribution < -0.4 is 5.32 Å². The van der Waals surface area contributed by atoms with E-state index in [4.69, 9.17) is 4.42 Å². The lowest BCUT2D eigenvalue weighted by atomic mass is 10.2. The molecule has 0 aliphatic rings. The van der Waals surface area contributed by atoms with Gasteiger partial charge < -0.3 is 9.73 Å². The molecule has 0 spiro atoms. The summed E-state index contributed by atoms with van der Waals surface area (Å²) in [5, 5.41) is 2.58. The molecule has 88 valence electrons. The SMILES string of the molecule is CCc1nc(-c2ccc(NC=O)cc2)oc1C. The van der Waals surface area contributed by atoms with E-state index in [1.54, 1.807) is 0 Å². The smallest absolute Gasteiger partial charge is 0.226 e. The Morgan fingerprint density at radius 1 is 1.35 bits per heavy atom. The third-order valence-corrected chi connectivity index (χ3v) is 2.58. The van der Waals surface area contributed by atoms with Crippen molar-refractivity contribution in [1.29, 1.82) is 0 Å². The number of benzene rings is 1. The van der Waals surface area contributed by atoms with Gasteiger partial charge in [-0.25, -0.2) is 4.98 Å². The van der Waals surface area contributed by atoms with E-state index < -0.39 is 0 Å². The monoisotopic (exact) mass is 230 g/mol. The highest BCUT2D eigenvalue weighted by molar-refractivity contribution is 5.72. The summed E-state index contributed by atoms with van der Waals surface area (Å²) < 4.78 is 5.59. The number of carbonyl (C=O) groups is 1. The Kier molecular flexibility index (Phi) is 3.23. The first-order valence-corrected chi connectivity index (χ1v) is 5.51. The topological polar surface area (TPSA) is 55.1 Å². The molecule has 1 N–H and O–H groups in total. The predicted molar refractivity (Wildman–Crippen MR) is 65.7 cm³/mol. The summed E-state index contributed by atoms with van der Waals surface area (Å²) in [5.41, 5.74) is 2.64. The van der Waals surface area contributed by atoms with Crippen molar-refractivity contribution in [3.05, 3.63) is 35.7 Å². The van der Waals surface area contributed by atoms with Crippen LogP contribution >= 0.6 is 0 Å². The van der Waals surface area contributed by atoms with E-state index in [1.807, 2.05) is 38.1 Å². The van der Waals surface area contributed by atoms with Gasteiger partial charge in [-0.1, -0.05) is 6.92 Å². The van der Waals surface area contributed by atoms with Gasteiger partial charge in [-0.3, -0.25) is 4.79 Å². The van der Waals surface area contributed by atoms with Gasteiger partial charge >= 0.3 is 0 Å². The van der Waals surface area contributed by atoms with Crippen molar-refractivity contribution < 1.29 is 9.21 Å². The molecule has 0 unspecified atom stereocenters. The summed E-state index contributed by atoms with van der Waals surface area (Å²) in [7, 11) is 0. The minimum atomic E-state index is 0.622. The molecule has 1 amide bonds. The fourth-order valence-electron chi connectivity index (χ4n) is 1.66. The molecule has 0 aliphatic carbocycles. The summed E-state index contributed by atoms with van der Waals surface area (Å²) in [6.45, 7) is 3.96. The summed E-state index contributed by atoms with van der Waals surface area (Å²) in [4.78, 5) is 14.7. The van der Waals surface area contributed by atoms with Crippen LogP contribution in [0.4, 0.5) is 5.69 Å². The Labute approximate surface area is 99.7 Å². The summed E-state index contributed by atoms with van der Waals surface area (Å²) >= 11 is 0. The maximum atomic E-state index is 10.3. The first-order valence-electron chi connectivity index (χ1n) is 5.51. The molecule has 0 radical (unpaired) electrons. The van der Waals surface area contributed by atoms with Gasteiger partial charge in [-0.2, -0.15) is 0 Å². The van der Waals surface area contributed by atoms with Crippen LogP contribution in [0.5, 0.6) is 0 Å². The van der Waals surface area contributed by atoms with Crippen LogP contribution in [-0.2, 0) is 11.2 Å². The number of carbonyl (C=O) groups excluding carboxylic acids is 1. The van der Waals surface area contributed by atoms with E-state index >= 15 is 0 Å². The number of aryl methyl sites for hydroxylation is 2. The van der Waals surface area contributed by atoms with Crippen molar-refractivity contribution in [3.8, 4) is 11.5 Å². The summed E-state index contributed by atoms with van der Waals surface area (Å²) in [6.07, 6.45) is 1.51. The summed E-state index contributed by atoms with van der Waals surface area (Å²) in [6, 6.07) is 7.37. The normalized spacial score (nSPS) is 10.2. The van der Waals surface area contributed by atoms with Gasteiger partial charge in [-0.15, -0.1) is 0 Å². The zero-order valence-electron chi connectivity index (χ0n) is 9.86. The number of anilines is 1. The third kappa shape index (κ3) is 2.36. The molecule has 0 aliphatic heterocycles. The first kappa shape index (κ1) is 11.4. The molecular weight excluding hydrogens is 216 g/mol. The maximum absolute atomic E-state index is 10.3. The molecule has 0 saturated carbocycles. The lowest BCUT2D eigenvalue weighted by Gasteiger charge is -1.99. The number of nitrogens with zero attached hydrogens (tertiary/aromatic N) is 1. The highest BCUT2D eigenvalue weighted by Crippen LogP contribution is 2.23. The zero-order valence-corrected chi connectivity index (χ0v) is 9.86.